The Morgan fingerprint density at radius 2 is 2.15 bits per heavy atom. The van der Waals surface area contributed by atoms with Crippen LogP contribution in [0.3, 0.4) is 0 Å². The highest BCUT2D eigenvalue weighted by Crippen LogP contribution is 2.22. The van der Waals surface area contributed by atoms with Gasteiger partial charge >= 0.3 is 0 Å². The second-order valence-electron chi connectivity index (χ2n) is 5.94. The van der Waals surface area contributed by atoms with Crippen molar-refractivity contribution in [2.24, 2.45) is 5.10 Å². The van der Waals surface area contributed by atoms with Crippen LogP contribution in [0.15, 0.2) is 41.8 Å². The molecule has 0 radical (unpaired) electrons. The number of hydrazone groups is 1. The number of aromatic amines is 1. The average molecular weight is 352 g/mol. The van der Waals surface area contributed by atoms with Crippen molar-refractivity contribution in [3.8, 4) is 5.75 Å². The second kappa shape index (κ2) is 7.79. The van der Waals surface area contributed by atoms with Gasteiger partial charge in [-0.2, -0.15) is 5.10 Å². The maximum atomic E-state index is 12.0. The minimum absolute atomic E-state index is 0.0617. The summed E-state index contributed by atoms with van der Waals surface area (Å²) < 4.78 is 0. The van der Waals surface area contributed by atoms with Crippen molar-refractivity contribution in [1.29, 1.82) is 0 Å². The predicted molar refractivity (Wildman–Crippen MR) is 98.9 cm³/mol. The van der Waals surface area contributed by atoms with E-state index in [-0.39, 0.29) is 24.7 Å². The van der Waals surface area contributed by atoms with E-state index in [0.29, 0.717) is 23.2 Å². The molecule has 2 aromatic heterocycles. The molecule has 0 spiro atoms. The lowest BCUT2D eigenvalue weighted by Crippen LogP contribution is -2.18. The number of aromatic hydroxyl groups is 1. The highest BCUT2D eigenvalue weighted by atomic mass is 16.3. The van der Waals surface area contributed by atoms with Crippen molar-refractivity contribution in [1.82, 2.24) is 15.4 Å². The lowest BCUT2D eigenvalue weighted by atomic mass is 10.1. The molecule has 3 aromatic rings. The Labute approximate surface area is 150 Å². The summed E-state index contributed by atoms with van der Waals surface area (Å²) in [6.45, 7) is 1.37. The first-order valence-corrected chi connectivity index (χ1v) is 8.25. The van der Waals surface area contributed by atoms with Crippen LogP contribution in [-0.4, -0.2) is 32.3 Å². The van der Waals surface area contributed by atoms with Gasteiger partial charge in [-0.15, -0.1) is 0 Å². The molecular formula is C19H20N4O3. The number of hydrogen-bond acceptors (Lipinski definition) is 5. The van der Waals surface area contributed by atoms with E-state index in [9.17, 15) is 15.0 Å². The number of carbonyl (C=O) groups excluding carboxylic acids is 1. The molecule has 7 nitrogen and oxygen atoms in total. The number of aliphatic hydroxyl groups excluding tert-OH is 1. The number of aromatic nitrogens is 2. The van der Waals surface area contributed by atoms with E-state index in [0.717, 1.165) is 16.5 Å². The Bertz CT molecular complexity index is 963. The molecule has 0 saturated heterocycles. The lowest BCUT2D eigenvalue weighted by molar-refractivity contribution is -0.121. The monoisotopic (exact) mass is 352 g/mol. The van der Waals surface area contributed by atoms with Crippen molar-refractivity contribution < 1.29 is 15.0 Å². The fraction of sp³-hybridized carbons (Fsp3) is 0.211. The quantitative estimate of drug-likeness (QED) is 0.402. The van der Waals surface area contributed by atoms with E-state index in [1.54, 1.807) is 6.92 Å². The van der Waals surface area contributed by atoms with Crippen molar-refractivity contribution >= 4 is 23.0 Å². The topological polar surface area (TPSA) is 111 Å². The summed E-state index contributed by atoms with van der Waals surface area (Å²) in [5.41, 5.74) is 5.77. The summed E-state index contributed by atoms with van der Waals surface area (Å²) in [6, 6.07) is 7.93. The smallest absolute Gasteiger partial charge is 0.240 e. The Hall–Kier alpha value is -3.19. The van der Waals surface area contributed by atoms with Crippen molar-refractivity contribution in [2.45, 2.75) is 26.4 Å². The molecular weight excluding hydrogens is 332 g/mol. The summed E-state index contributed by atoms with van der Waals surface area (Å²) in [7, 11) is 0. The van der Waals surface area contributed by atoms with Crippen LogP contribution in [-0.2, 0) is 17.8 Å². The molecule has 0 unspecified atom stereocenters. The maximum absolute atomic E-state index is 12.0. The van der Waals surface area contributed by atoms with Crippen LogP contribution in [0.1, 0.15) is 28.8 Å². The number of carbonyl (C=O) groups is 1. The van der Waals surface area contributed by atoms with Crippen LogP contribution in [0.5, 0.6) is 5.75 Å². The fourth-order valence-corrected chi connectivity index (χ4v) is 2.73. The highest BCUT2D eigenvalue weighted by molar-refractivity contribution is 5.87. The molecule has 0 fully saturated rings. The van der Waals surface area contributed by atoms with Gasteiger partial charge in [-0.25, -0.2) is 5.43 Å². The van der Waals surface area contributed by atoms with Crippen LogP contribution in [0.4, 0.5) is 0 Å². The summed E-state index contributed by atoms with van der Waals surface area (Å²) in [4.78, 5) is 19.2. The van der Waals surface area contributed by atoms with Crippen LogP contribution >= 0.6 is 0 Å². The molecule has 2 heterocycles. The third-order valence-electron chi connectivity index (χ3n) is 4.21. The van der Waals surface area contributed by atoms with Crippen LogP contribution in [0.25, 0.3) is 10.9 Å². The van der Waals surface area contributed by atoms with Crippen molar-refractivity contribution in [3.05, 3.63) is 59.0 Å². The van der Waals surface area contributed by atoms with E-state index in [1.807, 2.05) is 30.5 Å². The Morgan fingerprint density at radius 1 is 1.35 bits per heavy atom. The van der Waals surface area contributed by atoms with Gasteiger partial charge < -0.3 is 15.2 Å². The standard InChI is InChI=1S/C19H20N4O3/c1-12-19(26)16(14(11-24)9-20-12)10-22-23-18(25)7-6-13-8-21-17-5-3-2-4-15(13)17/h2-5,8-10,21,24,26H,6-7,11H2,1H3,(H,23,25)/b22-10-. The van der Waals surface area contributed by atoms with Gasteiger partial charge in [0.1, 0.15) is 5.75 Å². The Balaban J connectivity index is 1.61. The molecule has 0 aliphatic rings. The van der Waals surface area contributed by atoms with Gasteiger partial charge in [0.25, 0.3) is 0 Å². The molecule has 3 rings (SSSR count). The number of rotatable bonds is 6. The zero-order valence-corrected chi connectivity index (χ0v) is 14.4. The molecule has 4 N–H and O–H groups in total. The number of para-hydroxylation sites is 1. The fourth-order valence-electron chi connectivity index (χ4n) is 2.73. The van der Waals surface area contributed by atoms with Gasteiger partial charge in [-0.05, 0) is 25.0 Å². The largest absolute Gasteiger partial charge is 0.505 e. The van der Waals surface area contributed by atoms with Crippen LogP contribution in [0, 0.1) is 6.92 Å². The highest BCUT2D eigenvalue weighted by Gasteiger charge is 2.10. The molecule has 0 saturated carbocycles. The average Bonchev–Trinajstić information content (AvgIpc) is 3.07. The van der Waals surface area contributed by atoms with E-state index in [2.05, 4.69) is 20.5 Å². The van der Waals surface area contributed by atoms with E-state index < -0.39 is 0 Å². The normalized spacial score (nSPS) is 11.3. The number of aliphatic hydroxyl groups is 1. The van der Waals surface area contributed by atoms with Gasteiger partial charge in [0.15, 0.2) is 0 Å². The number of nitrogens with zero attached hydrogens (tertiary/aromatic N) is 2. The number of H-pyrrole nitrogens is 1. The first-order valence-electron chi connectivity index (χ1n) is 8.25. The number of aryl methyl sites for hydroxylation is 2. The minimum atomic E-state index is -0.281. The minimum Gasteiger partial charge on any atom is -0.505 e. The summed E-state index contributed by atoms with van der Waals surface area (Å²) in [5, 5.41) is 24.3. The molecule has 7 heteroatoms. The van der Waals surface area contributed by atoms with Crippen molar-refractivity contribution in [2.75, 3.05) is 0 Å². The summed E-state index contributed by atoms with van der Waals surface area (Å²) >= 11 is 0. The second-order valence-corrected chi connectivity index (χ2v) is 5.94. The molecule has 26 heavy (non-hydrogen) atoms. The zero-order chi connectivity index (χ0) is 18.5. The van der Waals surface area contributed by atoms with Gasteiger partial charge in [-0.3, -0.25) is 9.78 Å². The molecule has 0 bridgehead atoms. The van der Waals surface area contributed by atoms with E-state index in [1.165, 1.54) is 12.4 Å². The zero-order valence-electron chi connectivity index (χ0n) is 14.4. The molecule has 0 aliphatic carbocycles. The van der Waals surface area contributed by atoms with Gasteiger partial charge in [0.05, 0.1) is 18.5 Å². The third-order valence-corrected chi connectivity index (χ3v) is 4.21. The predicted octanol–water partition coefficient (Wildman–Crippen LogP) is 2.15. The number of nitrogens with one attached hydrogen (secondary N) is 2. The number of amides is 1. The lowest BCUT2D eigenvalue weighted by Gasteiger charge is -2.07. The summed E-state index contributed by atoms with van der Waals surface area (Å²) in [6.07, 6.45) is 5.57. The molecule has 1 aromatic carbocycles. The molecule has 0 aliphatic heterocycles. The first kappa shape index (κ1) is 17.6. The molecule has 0 atom stereocenters. The maximum Gasteiger partial charge on any atom is 0.240 e. The number of benzene rings is 1. The van der Waals surface area contributed by atoms with Gasteiger partial charge in [0, 0.05) is 40.8 Å². The number of pyridine rings is 1. The Morgan fingerprint density at radius 3 is 2.96 bits per heavy atom. The van der Waals surface area contributed by atoms with Crippen LogP contribution < -0.4 is 5.43 Å². The number of hydrogen-bond donors (Lipinski definition) is 4. The molecule has 1 amide bonds. The van der Waals surface area contributed by atoms with E-state index in [4.69, 9.17) is 0 Å². The van der Waals surface area contributed by atoms with Crippen molar-refractivity contribution in [3.63, 3.8) is 0 Å². The summed E-state index contributed by atoms with van der Waals surface area (Å²) in [5.74, 6) is -0.296. The van der Waals surface area contributed by atoms with Gasteiger partial charge in [-0.1, -0.05) is 18.2 Å². The van der Waals surface area contributed by atoms with Crippen LogP contribution in [0.2, 0.25) is 0 Å². The number of fused-ring (bicyclic) bond motifs is 1. The van der Waals surface area contributed by atoms with Gasteiger partial charge in [0.2, 0.25) is 5.91 Å². The SMILES string of the molecule is Cc1ncc(CO)c(/C=N\NC(=O)CCc2c[nH]c3ccccc23)c1O. The Kier molecular flexibility index (Phi) is 5.28. The molecule has 134 valence electrons. The third kappa shape index (κ3) is 3.73. The first-order chi connectivity index (χ1) is 12.6. The van der Waals surface area contributed by atoms with E-state index >= 15 is 0 Å².